The molecule has 1 saturated heterocycles. The van der Waals surface area contributed by atoms with E-state index in [-0.39, 0.29) is 6.09 Å². The van der Waals surface area contributed by atoms with E-state index < -0.39 is 0 Å². The first kappa shape index (κ1) is 24.4. The van der Waals surface area contributed by atoms with Crippen molar-refractivity contribution in [2.45, 2.75) is 58.8 Å². The van der Waals surface area contributed by atoms with Crippen LogP contribution in [0.4, 0.5) is 4.79 Å². The van der Waals surface area contributed by atoms with Crippen molar-refractivity contribution < 1.29 is 20.2 Å². The molecule has 1 unspecified atom stereocenters. The molecule has 1 amide bonds. The van der Waals surface area contributed by atoms with Gasteiger partial charge in [0.15, 0.2) is 0 Å². The first-order chi connectivity index (χ1) is 14.6. The van der Waals surface area contributed by atoms with Gasteiger partial charge in [-0.2, -0.15) is 5.48 Å². The number of carbonyl (C=O) groups is 1. The summed E-state index contributed by atoms with van der Waals surface area (Å²) in [4.78, 5) is 13.8. The van der Waals surface area contributed by atoms with Gasteiger partial charge in [0, 0.05) is 18.1 Å². The van der Waals surface area contributed by atoms with Crippen molar-refractivity contribution in [2.24, 2.45) is 5.92 Å². The summed E-state index contributed by atoms with van der Waals surface area (Å²) >= 11 is 6.27. The maximum absolute atomic E-state index is 12.0. The summed E-state index contributed by atoms with van der Waals surface area (Å²) in [6.07, 6.45) is 10.4. The minimum atomic E-state index is -0.194. The third-order valence-corrected chi connectivity index (χ3v) is 6.10. The highest BCUT2D eigenvalue weighted by atomic mass is 35.5. The Morgan fingerprint density at radius 3 is 2.70 bits per heavy atom. The van der Waals surface area contributed by atoms with E-state index in [1.54, 1.807) is 6.20 Å². The van der Waals surface area contributed by atoms with Crippen molar-refractivity contribution in [1.82, 2.24) is 4.90 Å². The molecule has 1 heterocycles. The molecule has 3 rings (SSSR count). The molecule has 166 valence electrons. The molecular formula is C24H36ClN2O3+. The second-order valence-corrected chi connectivity index (χ2v) is 7.97. The number of hydroxylamine groups is 1. The first-order valence-corrected chi connectivity index (χ1v) is 11.5. The van der Waals surface area contributed by atoms with Crippen LogP contribution >= 0.6 is 11.6 Å². The lowest BCUT2D eigenvalue weighted by atomic mass is 9.76. The van der Waals surface area contributed by atoms with Gasteiger partial charge >= 0.3 is 6.09 Å². The maximum Gasteiger partial charge on any atom is 0.409 e. The zero-order chi connectivity index (χ0) is 21.9. The molecule has 1 aliphatic carbocycles. The van der Waals surface area contributed by atoms with E-state index in [9.17, 15) is 4.79 Å². The van der Waals surface area contributed by atoms with E-state index in [1.807, 2.05) is 37.8 Å². The third kappa shape index (κ3) is 6.59. The molecule has 0 aromatic heterocycles. The number of hydrogen-bond donors (Lipinski definition) is 2. The molecule has 1 fully saturated rings. The summed E-state index contributed by atoms with van der Waals surface area (Å²) < 4.78 is 5.16. The van der Waals surface area contributed by atoms with E-state index in [0.29, 0.717) is 18.4 Å². The molecule has 1 aromatic carbocycles. The normalized spacial score (nSPS) is 21.0. The van der Waals surface area contributed by atoms with Gasteiger partial charge in [0.1, 0.15) is 6.20 Å². The maximum atomic E-state index is 12.0. The van der Waals surface area contributed by atoms with Crippen molar-refractivity contribution in [2.75, 3.05) is 19.7 Å². The van der Waals surface area contributed by atoms with Gasteiger partial charge in [-0.1, -0.05) is 43.2 Å². The number of hydrogen-bond acceptors (Lipinski definition) is 3. The van der Waals surface area contributed by atoms with Crippen LogP contribution in [0.15, 0.2) is 42.1 Å². The molecule has 30 heavy (non-hydrogen) atoms. The fraction of sp³-hybridized carbons (Fsp3) is 0.542. The number of carbonyl (C=O) groups excluding carboxylic acids is 1. The fourth-order valence-electron chi connectivity index (χ4n) is 4.45. The highest BCUT2D eigenvalue weighted by molar-refractivity contribution is 6.30. The smallest absolute Gasteiger partial charge is 0.409 e. The van der Waals surface area contributed by atoms with Gasteiger partial charge < -0.3 is 9.64 Å². The number of rotatable bonds is 4. The Labute approximate surface area is 185 Å². The van der Waals surface area contributed by atoms with Crippen molar-refractivity contribution in [1.29, 1.82) is 0 Å². The summed E-state index contributed by atoms with van der Waals surface area (Å²) in [5.41, 5.74) is 5.19. The number of piperidine rings is 1. The second-order valence-electron chi connectivity index (χ2n) is 7.54. The van der Waals surface area contributed by atoms with Gasteiger partial charge in [0.05, 0.1) is 6.61 Å². The van der Waals surface area contributed by atoms with Crippen LogP contribution in [-0.4, -0.2) is 35.9 Å². The van der Waals surface area contributed by atoms with E-state index in [2.05, 4.69) is 18.2 Å². The predicted molar refractivity (Wildman–Crippen MR) is 121 cm³/mol. The zero-order valence-corrected chi connectivity index (χ0v) is 19.2. The van der Waals surface area contributed by atoms with Crippen LogP contribution in [0.5, 0.6) is 0 Å². The monoisotopic (exact) mass is 435 g/mol. The van der Waals surface area contributed by atoms with Crippen LogP contribution in [0.3, 0.4) is 0 Å². The number of amides is 1. The van der Waals surface area contributed by atoms with E-state index >= 15 is 0 Å². The summed E-state index contributed by atoms with van der Waals surface area (Å²) in [5, 5.41) is 9.68. The number of allylic oxidation sites excluding steroid dienone is 3. The average Bonchev–Trinajstić information content (AvgIpc) is 2.95. The molecule has 5 nitrogen and oxygen atoms in total. The molecule has 6 heteroatoms. The van der Waals surface area contributed by atoms with E-state index in [1.165, 1.54) is 16.7 Å². The minimum Gasteiger partial charge on any atom is -0.450 e. The van der Waals surface area contributed by atoms with Crippen LogP contribution in [-0.2, 0) is 11.2 Å². The van der Waals surface area contributed by atoms with Crippen LogP contribution < -0.4 is 5.48 Å². The topological polar surface area (TPSA) is 66.4 Å². The van der Waals surface area contributed by atoms with Crippen molar-refractivity contribution in [3.05, 3.63) is 58.3 Å². The Balaban J connectivity index is 0.00000155. The molecule has 3 N–H and O–H groups in total. The fourth-order valence-corrected chi connectivity index (χ4v) is 4.65. The molecule has 0 saturated carbocycles. The van der Waals surface area contributed by atoms with Gasteiger partial charge in [-0.15, -0.1) is 0 Å². The third-order valence-electron chi connectivity index (χ3n) is 5.87. The Bertz CT molecular complexity index is 740. The number of fused-ring (bicyclic) bond motifs is 1. The summed E-state index contributed by atoms with van der Waals surface area (Å²) in [7, 11) is 0. The second kappa shape index (κ2) is 12.8. The average molecular weight is 436 g/mol. The largest absolute Gasteiger partial charge is 0.450 e. The van der Waals surface area contributed by atoms with Gasteiger partial charge in [-0.25, -0.2) is 10.0 Å². The lowest BCUT2D eigenvalue weighted by molar-refractivity contribution is -0.838. The quantitative estimate of drug-likeness (QED) is 0.513. The Hall–Kier alpha value is -1.82. The molecule has 1 aromatic rings. The number of nitrogens with zero attached hydrogens (tertiary/aromatic N) is 1. The van der Waals surface area contributed by atoms with Crippen LogP contribution in [0.1, 0.15) is 63.5 Å². The lowest BCUT2D eigenvalue weighted by Crippen LogP contribution is -2.73. The number of quaternary nitrogens is 1. The number of ether oxygens (including phenoxy) is 1. The highest BCUT2D eigenvalue weighted by Gasteiger charge is 2.32. The first-order valence-electron chi connectivity index (χ1n) is 11.1. The van der Waals surface area contributed by atoms with Gasteiger partial charge in [-0.3, -0.25) is 0 Å². The lowest BCUT2D eigenvalue weighted by Gasteiger charge is -2.36. The standard InChI is InChI=1S/C22H29ClN2O3.C2H6/c1-2-28-22(26)25-12-9-17(10-13-25)21-14-16(4-3-11-24-27)5-6-18-15-19(23)7-8-20(18)21;1-2/h3-4,7-8,11,15,17,21,24,27H,2,5-6,9-10,12-14H2,1H3;1-2H3/p+1/b11-3-,16-4-;. The molecule has 2 aliphatic rings. The molecule has 1 aliphatic heterocycles. The zero-order valence-electron chi connectivity index (χ0n) is 18.4. The number of halogens is 1. The van der Waals surface area contributed by atoms with Crippen molar-refractivity contribution in [3.8, 4) is 0 Å². The van der Waals surface area contributed by atoms with Crippen LogP contribution in [0, 0.1) is 5.92 Å². The Morgan fingerprint density at radius 2 is 2.03 bits per heavy atom. The molecular weight excluding hydrogens is 400 g/mol. The summed E-state index contributed by atoms with van der Waals surface area (Å²) in [6, 6.07) is 6.30. The van der Waals surface area contributed by atoms with Crippen LogP contribution in [0.25, 0.3) is 0 Å². The van der Waals surface area contributed by atoms with Gasteiger partial charge in [0.25, 0.3) is 0 Å². The molecule has 0 spiro atoms. The number of aryl methyl sites for hydroxylation is 1. The molecule has 0 bridgehead atoms. The van der Waals surface area contributed by atoms with E-state index in [4.69, 9.17) is 21.5 Å². The van der Waals surface area contributed by atoms with Crippen molar-refractivity contribution >= 4 is 17.7 Å². The Kier molecular flexibility index (Phi) is 10.4. The minimum absolute atomic E-state index is 0.194. The Morgan fingerprint density at radius 1 is 1.30 bits per heavy atom. The predicted octanol–water partition coefficient (Wildman–Crippen LogP) is 5.05. The summed E-state index contributed by atoms with van der Waals surface area (Å²) in [6.45, 7) is 7.76. The molecule has 1 atom stereocenters. The van der Waals surface area contributed by atoms with Gasteiger partial charge in [0.2, 0.25) is 0 Å². The van der Waals surface area contributed by atoms with Crippen LogP contribution in [0.2, 0.25) is 5.02 Å². The SMILES string of the molecule is CC.CCOC(=O)N1CCC(C2C/C(=C\C=C/[NH2+]O)CCc3cc(Cl)ccc32)CC1. The van der Waals surface area contributed by atoms with Gasteiger partial charge in [-0.05, 0) is 80.2 Å². The van der Waals surface area contributed by atoms with Crippen molar-refractivity contribution in [3.63, 3.8) is 0 Å². The number of benzene rings is 1. The number of likely N-dealkylation sites (tertiary alicyclic amines) is 1. The molecule has 0 radical (unpaired) electrons. The highest BCUT2D eigenvalue weighted by Crippen LogP contribution is 2.42. The van der Waals surface area contributed by atoms with E-state index in [0.717, 1.165) is 55.7 Å². The summed E-state index contributed by atoms with van der Waals surface area (Å²) in [5.74, 6) is 0.956. The number of nitrogens with two attached hydrogens (primary N) is 1.